The van der Waals surface area contributed by atoms with Crippen LogP contribution in [0.3, 0.4) is 0 Å². The molecule has 0 fully saturated rings. The third-order valence-electron chi connectivity index (χ3n) is 3.06. The van der Waals surface area contributed by atoms with Gasteiger partial charge in [-0.2, -0.15) is 13.2 Å². The first-order chi connectivity index (χ1) is 9.29. The number of hydrogen-bond acceptors (Lipinski definition) is 2. The van der Waals surface area contributed by atoms with Crippen molar-refractivity contribution in [3.8, 4) is 5.75 Å². The van der Waals surface area contributed by atoms with Crippen LogP contribution in [0.25, 0.3) is 0 Å². The molecule has 1 rings (SSSR count). The van der Waals surface area contributed by atoms with Gasteiger partial charge in [0.2, 0.25) is 0 Å². The number of halogens is 3. The summed E-state index contributed by atoms with van der Waals surface area (Å²) in [5.41, 5.74) is -0.298. The summed E-state index contributed by atoms with van der Waals surface area (Å²) in [6.07, 6.45) is -3.26. The maximum atomic E-state index is 12.6. The molecule has 1 N–H and O–H groups in total. The van der Waals surface area contributed by atoms with E-state index in [1.807, 2.05) is 6.92 Å². The number of rotatable bonds is 6. The van der Waals surface area contributed by atoms with Crippen LogP contribution in [0, 0.1) is 0 Å². The summed E-state index contributed by atoms with van der Waals surface area (Å²) < 4.78 is 42.9. The van der Waals surface area contributed by atoms with Crippen LogP contribution in [0.15, 0.2) is 18.2 Å². The van der Waals surface area contributed by atoms with Crippen LogP contribution in [0.4, 0.5) is 13.2 Å². The predicted molar refractivity (Wildman–Crippen MR) is 67.9 cm³/mol. The summed E-state index contributed by atoms with van der Waals surface area (Å²) in [5.74, 6) is -1.25. The topological polar surface area (TPSA) is 46.5 Å². The zero-order chi connectivity index (χ0) is 15.3. The highest BCUT2D eigenvalue weighted by Gasteiger charge is 2.32. The SMILES string of the molecule is CCCC(CC(=O)O)c1ccc(C(F)(F)F)cc1OC. The molecule has 0 radical (unpaired) electrons. The van der Waals surface area contributed by atoms with Crippen molar-refractivity contribution in [1.29, 1.82) is 0 Å². The molecule has 0 saturated heterocycles. The van der Waals surface area contributed by atoms with Gasteiger partial charge in [0.25, 0.3) is 0 Å². The molecule has 1 aromatic carbocycles. The van der Waals surface area contributed by atoms with Crippen LogP contribution in [0.2, 0.25) is 0 Å². The molecular formula is C14H17F3O3. The van der Waals surface area contributed by atoms with E-state index in [-0.39, 0.29) is 18.1 Å². The maximum Gasteiger partial charge on any atom is 0.416 e. The Morgan fingerprint density at radius 1 is 1.40 bits per heavy atom. The average Bonchev–Trinajstić information content (AvgIpc) is 2.36. The minimum absolute atomic E-state index is 0.0829. The maximum absolute atomic E-state index is 12.6. The van der Waals surface area contributed by atoms with E-state index < -0.39 is 17.7 Å². The van der Waals surface area contributed by atoms with Gasteiger partial charge in [0.15, 0.2) is 0 Å². The molecule has 0 saturated carbocycles. The van der Waals surface area contributed by atoms with E-state index in [2.05, 4.69) is 0 Å². The Labute approximate surface area is 115 Å². The first-order valence-corrected chi connectivity index (χ1v) is 6.26. The number of alkyl halides is 3. The van der Waals surface area contributed by atoms with Gasteiger partial charge < -0.3 is 9.84 Å². The van der Waals surface area contributed by atoms with Crippen LogP contribution < -0.4 is 4.74 Å². The zero-order valence-electron chi connectivity index (χ0n) is 11.3. The van der Waals surface area contributed by atoms with Crippen molar-refractivity contribution in [2.75, 3.05) is 7.11 Å². The summed E-state index contributed by atoms with van der Waals surface area (Å²) >= 11 is 0. The molecule has 0 aromatic heterocycles. The molecule has 0 heterocycles. The molecule has 1 atom stereocenters. The highest BCUT2D eigenvalue weighted by atomic mass is 19.4. The minimum Gasteiger partial charge on any atom is -0.496 e. The largest absolute Gasteiger partial charge is 0.496 e. The molecule has 112 valence electrons. The lowest BCUT2D eigenvalue weighted by atomic mass is 9.90. The second kappa shape index (κ2) is 6.63. The summed E-state index contributed by atoms with van der Waals surface area (Å²) in [6.45, 7) is 1.89. The van der Waals surface area contributed by atoms with Crippen molar-refractivity contribution in [1.82, 2.24) is 0 Å². The van der Waals surface area contributed by atoms with Crippen molar-refractivity contribution < 1.29 is 27.8 Å². The van der Waals surface area contributed by atoms with E-state index in [4.69, 9.17) is 9.84 Å². The van der Waals surface area contributed by atoms with Crippen LogP contribution >= 0.6 is 0 Å². The number of carbonyl (C=O) groups is 1. The normalized spacial score (nSPS) is 13.1. The number of ether oxygens (including phenoxy) is 1. The first-order valence-electron chi connectivity index (χ1n) is 6.26. The molecule has 3 nitrogen and oxygen atoms in total. The van der Waals surface area contributed by atoms with E-state index >= 15 is 0 Å². The molecule has 0 aliphatic carbocycles. The van der Waals surface area contributed by atoms with Gasteiger partial charge in [0.05, 0.1) is 19.1 Å². The van der Waals surface area contributed by atoms with Gasteiger partial charge in [-0.1, -0.05) is 19.4 Å². The Kier molecular flexibility index (Phi) is 5.42. The van der Waals surface area contributed by atoms with Crippen LogP contribution in [-0.2, 0) is 11.0 Å². The molecule has 0 spiro atoms. The molecule has 20 heavy (non-hydrogen) atoms. The quantitative estimate of drug-likeness (QED) is 0.859. The van der Waals surface area contributed by atoms with E-state index in [1.165, 1.54) is 13.2 Å². The van der Waals surface area contributed by atoms with E-state index in [0.717, 1.165) is 18.6 Å². The van der Waals surface area contributed by atoms with Gasteiger partial charge in [0, 0.05) is 0 Å². The van der Waals surface area contributed by atoms with E-state index in [0.29, 0.717) is 12.0 Å². The zero-order valence-corrected chi connectivity index (χ0v) is 11.3. The predicted octanol–water partition coefficient (Wildman–Crippen LogP) is 4.07. The number of methoxy groups -OCH3 is 1. The fourth-order valence-electron chi connectivity index (χ4n) is 2.15. The lowest BCUT2D eigenvalue weighted by Gasteiger charge is -2.19. The van der Waals surface area contributed by atoms with E-state index in [1.54, 1.807) is 0 Å². The average molecular weight is 290 g/mol. The highest BCUT2D eigenvalue weighted by molar-refractivity contribution is 5.68. The van der Waals surface area contributed by atoms with Crippen LogP contribution in [0.1, 0.15) is 43.2 Å². The summed E-state index contributed by atoms with van der Waals surface area (Å²) in [5, 5.41) is 8.90. The Morgan fingerprint density at radius 3 is 2.50 bits per heavy atom. The van der Waals surface area contributed by atoms with Crippen molar-refractivity contribution in [3.05, 3.63) is 29.3 Å². The van der Waals surface area contributed by atoms with E-state index in [9.17, 15) is 18.0 Å². The second-order valence-corrected chi connectivity index (χ2v) is 4.54. The molecule has 0 bridgehead atoms. The number of hydrogen-bond donors (Lipinski definition) is 1. The van der Waals surface area contributed by atoms with Crippen LogP contribution in [0.5, 0.6) is 5.75 Å². The Bertz CT molecular complexity index is 469. The van der Waals surface area contributed by atoms with Gasteiger partial charge in [-0.3, -0.25) is 4.79 Å². The van der Waals surface area contributed by atoms with Crippen molar-refractivity contribution in [2.24, 2.45) is 0 Å². The molecule has 0 aliphatic rings. The van der Waals surface area contributed by atoms with Crippen molar-refractivity contribution >= 4 is 5.97 Å². The van der Waals surface area contributed by atoms with Gasteiger partial charge >= 0.3 is 12.1 Å². The Balaban J connectivity index is 3.18. The third kappa shape index (κ3) is 4.15. The molecule has 1 unspecified atom stereocenters. The first kappa shape index (κ1) is 16.3. The lowest BCUT2D eigenvalue weighted by Crippen LogP contribution is -2.10. The minimum atomic E-state index is -4.45. The number of carboxylic acid groups (broad SMARTS) is 1. The number of benzene rings is 1. The van der Waals surface area contributed by atoms with Gasteiger partial charge in [0.1, 0.15) is 5.75 Å². The van der Waals surface area contributed by atoms with Crippen LogP contribution in [-0.4, -0.2) is 18.2 Å². The Morgan fingerprint density at radius 2 is 2.05 bits per heavy atom. The second-order valence-electron chi connectivity index (χ2n) is 4.54. The highest BCUT2D eigenvalue weighted by Crippen LogP contribution is 2.37. The standard InChI is InChI=1S/C14H17F3O3/c1-3-4-9(7-13(18)19)11-6-5-10(14(15,16)17)8-12(11)20-2/h5-6,8-9H,3-4,7H2,1-2H3,(H,18,19). The molecular weight excluding hydrogens is 273 g/mol. The molecule has 1 aromatic rings. The summed E-state index contributed by atoms with van der Waals surface area (Å²) in [4.78, 5) is 10.9. The third-order valence-corrected chi connectivity index (χ3v) is 3.06. The monoisotopic (exact) mass is 290 g/mol. The fourth-order valence-corrected chi connectivity index (χ4v) is 2.15. The summed E-state index contributed by atoms with van der Waals surface area (Å²) in [6, 6.07) is 3.19. The number of carboxylic acids is 1. The van der Waals surface area contributed by atoms with Gasteiger partial charge in [-0.05, 0) is 30.0 Å². The smallest absolute Gasteiger partial charge is 0.416 e. The molecule has 0 aliphatic heterocycles. The molecule has 6 heteroatoms. The van der Waals surface area contributed by atoms with Crippen molar-refractivity contribution in [3.63, 3.8) is 0 Å². The van der Waals surface area contributed by atoms with Gasteiger partial charge in [-0.15, -0.1) is 0 Å². The van der Waals surface area contributed by atoms with Gasteiger partial charge in [-0.25, -0.2) is 0 Å². The van der Waals surface area contributed by atoms with Crippen molar-refractivity contribution in [2.45, 2.75) is 38.3 Å². The summed E-state index contributed by atoms with van der Waals surface area (Å²) in [7, 11) is 1.28. The number of aliphatic carboxylic acids is 1. The lowest BCUT2D eigenvalue weighted by molar-refractivity contribution is -0.138. The molecule has 0 amide bonds. The Hall–Kier alpha value is -1.72. The fraction of sp³-hybridized carbons (Fsp3) is 0.500.